The summed E-state index contributed by atoms with van der Waals surface area (Å²) in [7, 11) is 0. The number of halogens is 1. The first kappa shape index (κ1) is 14.3. The monoisotopic (exact) mass is 340 g/mol. The molecule has 1 aromatic carbocycles. The standard InChI is InChI=1S/C12H13BrN4O3/c1-2-19-12-15-11(16-17-12)14-10(18)7-20-9-5-3-8(13)4-6-9/h3-6H,2,7H2,1H3,(H2,14,15,16,17,18). The van der Waals surface area contributed by atoms with Crippen molar-refractivity contribution in [3.05, 3.63) is 28.7 Å². The molecule has 0 radical (unpaired) electrons. The number of aromatic nitrogens is 3. The summed E-state index contributed by atoms with van der Waals surface area (Å²) in [6.07, 6.45) is 0. The fraction of sp³-hybridized carbons (Fsp3) is 0.250. The fourth-order valence-corrected chi connectivity index (χ4v) is 1.61. The lowest BCUT2D eigenvalue weighted by atomic mass is 10.3. The number of ether oxygens (including phenoxy) is 2. The van der Waals surface area contributed by atoms with Crippen LogP contribution in [0.4, 0.5) is 5.95 Å². The molecule has 0 saturated carbocycles. The van der Waals surface area contributed by atoms with Gasteiger partial charge in [0.1, 0.15) is 5.75 Å². The Morgan fingerprint density at radius 2 is 2.10 bits per heavy atom. The molecule has 0 aliphatic carbocycles. The van der Waals surface area contributed by atoms with Crippen LogP contribution in [0, 0.1) is 0 Å². The van der Waals surface area contributed by atoms with Gasteiger partial charge in [-0.25, -0.2) is 5.10 Å². The van der Waals surface area contributed by atoms with Crippen molar-refractivity contribution in [2.75, 3.05) is 18.5 Å². The second-order valence-corrected chi connectivity index (χ2v) is 4.61. The molecule has 0 aliphatic rings. The van der Waals surface area contributed by atoms with Crippen molar-refractivity contribution in [2.45, 2.75) is 6.92 Å². The molecule has 0 atom stereocenters. The van der Waals surface area contributed by atoms with Crippen LogP contribution in [0.1, 0.15) is 6.92 Å². The van der Waals surface area contributed by atoms with Crippen LogP contribution in [-0.4, -0.2) is 34.3 Å². The van der Waals surface area contributed by atoms with E-state index in [9.17, 15) is 4.79 Å². The fourth-order valence-electron chi connectivity index (χ4n) is 1.34. The Morgan fingerprint density at radius 1 is 1.35 bits per heavy atom. The van der Waals surface area contributed by atoms with Crippen molar-refractivity contribution >= 4 is 27.8 Å². The Bertz CT molecular complexity index is 570. The molecule has 2 N–H and O–H groups in total. The van der Waals surface area contributed by atoms with Crippen molar-refractivity contribution in [2.24, 2.45) is 0 Å². The lowest BCUT2D eigenvalue weighted by molar-refractivity contribution is -0.118. The number of amides is 1. The smallest absolute Gasteiger partial charge is 0.337 e. The first-order valence-corrected chi connectivity index (χ1v) is 6.70. The Labute approximate surface area is 123 Å². The molecule has 2 rings (SSSR count). The highest BCUT2D eigenvalue weighted by molar-refractivity contribution is 9.10. The average Bonchev–Trinajstić information content (AvgIpc) is 2.86. The van der Waals surface area contributed by atoms with E-state index < -0.39 is 0 Å². The Hall–Kier alpha value is -2.09. The van der Waals surface area contributed by atoms with Crippen LogP contribution in [0.15, 0.2) is 28.7 Å². The van der Waals surface area contributed by atoms with Crippen LogP contribution in [0.2, 0.25) is 0 Å². The number of hydrogen-bond donors (Lipinski definition) is 2. The first-order chi connectivity index (χ1) is 9.67. The van der Waals surface area contributed by atoms with Gasteiger partial charge in [0.15, 0.2) is 6.61 Å². The van der Waals surface area contributed by atoms with Crippen LogP contribution in [0.3, 0.4) is 0 Å². The molecule has 0 bridgehead atoms. The van der Waals surface area contributed by atoms with Gasteiger partial charge in [0.05, 0.1) is 6.61 Å². The van der Waals surface area contributed by atoms with E-state index >= 15 is 0 Å². The molecule has 1 amide bonds. The summed E-state index contributed by atoms with van der Waals surface area (Å²) in [5.41, 5.74) is 0. The van der Waals surface area contributed by atoms with E-state index in [-0.39, 0.29) is 24.5 Å². The molecule has 8 heteroatoms. The minimum atomic E-state index is -0.341. The topological polar surface area (TPSA) is 89.1 Å². The van der Waals surface area contributed by atoms with Crippen molar-refractivity contribution in [3.8, 4) is 11.8 Å². The highest BCUT2D eigenvalue weighted by Gasteiger charge is 2.08. The number of nitrogens with zero attached hydrogens (tertiary/aromatic N) is 2. The minimum absolute atomic E-state index is 0.119. The Kier molecular flexibility index (Phi) is 4.94. The van der Waals surface area contributed by atoms with Gasteiger partial charge in [-0.15, -0.1) is 5.10 Å². The van der Waals surface area contributed by atoms with Gasteiger partial charge in [0.25, 0.3) is 5.91 Å². The second kappa shape index (κ2) is 6.90. The van der Waals surface area contributed by atoms with Crippen LogP contribution in [-0.2, 0) is 4.79 Å². The van der Waals surface area contributed by atoms with Crippen molar-refractivity contribution < 1.29 is 14.3 Å². The van der Waals surface area contributed by atoms with Crippen molar-refractivity contribution in [1.29, 1.82) is 0 Å². The van der Waals surface area contributed by atoms with E-state index in [1.54, 1.807) is 12.1 Å². The molecule has 0 spiro atoms. The summed E-state index contributed by atoms with van der Waals surface area (Å²) in [5, 5.41) is 8.84. The highest BCUT2D eigenvalue weighted by atomic mass is 79.9. The van der Waals surface area contributed by atoms with Gasteiger partial charge in [-0.05, 0) is 31.2 Å². The maximum absolute atomic E-state index is 11.6. The summed E-state index contributed by atoms with van der Waals surface area (Å²) >= 11 is 3.32. The van der Waals surface area contributed by atoms with E-state index in [1.165, 1.54) is 0 Å². The third-order valence-electron chi connectivity index (χ3n) is 2.18. The summed E-state index contributed by atoms with van der Waals surface area (Å²) in [5.74, 6) is 0.487. The van der Waals surface area contributed by atoms with E-state index in [0.717, 1.165) is 4.47 Å². The number of rotatable bonds is 6. The van der Waals surface area contributed by atoms with Crippen LogP contribution in [0.5, 0.6) is 11.8 Å². The molecular formula is C12H13BrN4O3. The number of benzene rings is 1. The van der Waals surface area contributed by atoms with E-state index in [2.05, 4.69) is 36.4 Å². The number of carbonyl (C=O) groups is 1. The maximum Gasteiger partial charge on any atom is 0.337 e. The number of anilines is 1. The molecule has 7 nitrogen and oxygen atoms in total. The molecular weight excluding hydrogens is 328 g/mol. The minimum Gasteiger partial charge on any atom is -0.484 e. The normalized spacial score (nSPS) is 10.1. The van der Waals surface area contributed by atoms with Crippen LogP contribution in [0.25, 0.3) is 0 Å². The molecule has 0 saturated heterocycles. The second-order valence-electron chi connectivity index (χ2n) is 3.69. The summed E-state index contributed by atoms with van der Waals surface area (Å²) in [4.78, 5) is 15.6. The van der Waals surface area contributed by atoms with E-state index in [1.807, 2.05) is 19.1 Å². The molecule has 1 heterocycles. The third-order valence-corrected chi connectivity index (χ3v) is 2.71. The lowest BCUT2D eigenvalue weighted by Crippen LogP contribution is -2.20. The summed E-state index contributed by atoms with van der Waals surface area (Å²) in [6.45, 7) is 2.16. The molecule has 0 fully saturated rings. The third kappa shape index (κ3) is 4.23. The van der Waals surface area contributed by atoms with Crippen molar-refractivity contribution in [1.82, 2.24) is 15.2 Å². The SMILES string of the molecule is CCOc1n[nH]c(NC(=O)COc2ccc(Br)cc2)n1. The van der Waals surface area contributed by atoms with Crippen LogP contribution < -0.4 is 14.8 Å². The number of H-pyrrole nitrogens is 1. The summed E-state index contributed by atoms with van der Waals surface area (Å²) in [6, 6.07) is 7.38. The highest BCUT2D eigenvalue weighted by Crippen LogP contribution is 2.16. The molecule has 0 unspecified atom stereocenters. The Balaban J connectivity index is 1.81. The van der Waals surface area contributed by atoms with Gasteiger partial charge in [-0.2, -0.15) is 4.98 Å². The predicted molar refractivity (Wildman–Crippen MR) is 75.8 cm³/mol. The largest absolute Gasteiger partial charge is 0.484 e. The van der Waals surface area contributed by atoms with Gasteiger partial charge in [0, 0.05) is 4.47 Å². The quantitative estimate of drug-likeness (QED) is 0.839. The van der Waals surface area contributed by atoms with Gasteiger partial charge < -0.3 is 9.47 Å². The number of aromatic amines is 1. The molecule has 106 valence electrons. The van der Waals surface area contributed by atoms with E-state index in [0.29, 0.717) is 12.4 Å². The van der Waals surface area contributed by atoms with Gasteiger partial charge in [0.2, 0.25) is 5.95 Å². The molecule has 20 heavy (non-hydrogen) atoms. The molecule has 2 aromatic rings. The zero-order valence-electron chi connectivity index (χ0n) is 10.7. The lowest BCUT2D eigenvalue weighted by Gasteiger charge is -2.05. The van der Waals surface area contributed by atoms with Gasteiger partial charge >= 0.3 is 6.01 Å². The van der Waals surface area contributed by atoms with Gasteiger partial charge in [-0.3, -0.25) is 10.1 Å². The Morgan fingerprint density at radius 3 is 2.80 bits per heavy atom. The number of carbonyl (C=O) groups excluding carboxylic acids is 1. The first-order valence-electron chi connectivity index (χ1n) is 5.91. The summed E-state index contributed by atoms with van der Waals surface area (Å²) < 4.78 is 11.3. The van der Waals surface area contributed by atoms with Crippen LogP contribution >= 0.6 is 15.9 Å². The maximum atomic E-state index is 11.6. The van der Waals surface area contributed by atoms with Gasteiger partial charge in [-0.1, -0.05) is 15.9 Å². The number of hydrogen-bond acceptors (Lipinski definition) is 5. The molecule has 1 aromatic heterocycles. The zero-order valence-corrected chi connectivity index (χ0v) is 12.3. The molecule has 0 aliphatic heterocycles. The van der Waals surface area contributed by atoms with E-state index in [4.69, 9.17) is 9.47 Å². The average molecular weight is 341 g/mol. The predicted octanol–water partition coefficient (Wildman–Crippen LogP) is 1.98. The number of nitrogens with one attached hydrogen (secondary N) is 2. The van der Waals surface area contributed by atoms with Crippen molar-refractivity contribution in [3.63, 3.8) is 0 Å². The zero-order chi connectivity index (χ0) is 14.4.